The summed E-state index contributed by atoms with van der Waals surface area (Å²) < 4.78 is 19.0. The van der Waals surface area contributed by atoms with Crippen molar-refractivity contribution in [1.82, 2.24) is 4.90 Å². The van der Waals surface area contributed by atoms with Crippen LogP contribution < -0.4 is 5.32 Å². The number of nitrogens with one attached hydrogen (secondary N) is 1. The van der Waals surface area contributed by atoms with E-state index in [2.05, 4.69) is 5.32 Å². The van der Waals surface area contributed by atoms with Crippen LogP contribution in [0.25, 0.3) is 0 Å². The van der Waals surface area contributed by atoms with Gasteiger partial charge >= 0.3 is 0 Å². The van der Waals surface area contributed by atoms with E-state index in [1.54, 1.807) is 14.1 Å². The summed E-state index contributed by atoms with van der Waals surface area (Å²) in [5.41, 5.74) is 0.356. The van der Waals surface area contributed by atoms with E-state index in [1.807, 2.05) is 0 Å². The van der Waals surface area contributed by atoms with Crippen molar-refractivity contribution in [2.45, 2.75) is 12.8 Å². The minimum absolute atomic E-state index is 0.0262. The smallest absolute Gasteiger partial charge is 0.253 e. The SMILES string of the molecule is CN(C)C(=O)c1ccc(F)c(NC(=O)C2CCCOC2)c1. The number of amides is 2. The number of nitrogens with zero attached hydrogens (tertiary/aromatic N) is 1. The van der Waals surface area contributed by atoms with Crippen molar-refractivity contribution in [2.75, 3.05) is 32.6 Å². The van der Waals surface area contributed by atoms with Gasteiger partial charge in [-0.2, -0.15) is 0 Å². The average molecular weight is 294 g/mol. The van der Waals surface area contributed by atoms with Gasteiger partial charge in [-0.05, 0) is 31.0 Å². The molecule has 1 saturated heterocycles. The summed E-state index contributed by atoms with van der Waals surface area (Å²) in [7, 11) is 3.23. The lowest BCUT2D eigenvalue weighted by atomic mass is 10.0. The normalized spacial score (nSPS) is 18.1. The van der Waals surface area contributed by atoms with Gasteiger partial charge in [0.05, 0.1) is 18.2 Å². The summed E-state index contributed by atoms with van der Waals surface area (Å²) in [6.45, 7) is 1.01. The van der Waals surface area contributed by atoms with Crippen LogP contribution in [0.4, 0.5) is 10.1 Å². The molecule has 0 spiro atoms. The molecule has 0 aromatic heterocycles. The van der Waals surface area contributed by atoms with Gasteiger partial charge in [0.2, 0.25) is 5.91 Å². The third-order valence-electron chi connectivity index (χ3n) is 3.41. The molecule has 0 radical (unpaired) electrons. The zero-order chi connectivity index (χ0) is 15.4. The molecule has 1 aliphatic rings. The van der Waals surface area contributed by atoms with Crippen LogP contribution in [0.5, 0.6) is 0 Å². The van der Waals surface area contributed by atoms with Crippen LogP contribution in [0.15, 0.2) is 18.2 Å². The zero-order valence-electron chi connectivity index (χ0n) is 12.2. The second-order valence-corrected chi connectivity index (χ2v) is 5.30. The highest BCUT2D eigenvalue weighted by Crippen LogP contribution is 2.20. The lowest BCUT2D eigenvalue weighted by Gasteiger charge is -2.21. The lowest BCUT2D eigenvalue weighted by molar-refractivity contribution is -0.123. The fourth-order valence-corrected chi connectivity index (χ4v) is 2.19. The lowest BCUT2D eigenvalue weighted by Crippen LogP contribution is -2.30. The highest BCUT2D eigenvalue weighted by atomic mass is 19.1. The monoisotopic (exact) mass is 294 g/mol. The van der Waals surface area contributed by atoms with Crippen LogP contribution >= 0.6 is 0 Å². The van der Waals surface area contributed by atoms with Gasteiger partial charge in [-0.3, -0.25) is 9.59 Å². The highest BCUT2D eigenvalue weighted by Gasteiger charge is 2.23. The number of carbonyl (C=O) groups is 2. The number of ether oxygens (including phenoxy) is 1. The highest BCUT2D eigenvalue weighted by molar-refractivity contribution is 5.97. The Morgan fingerprint density at radius 2 is 2.14 bits per heavy atom. The molecule has 2 rings (SSSR count). The first-order valence-corrected chi connectivity index (χ1v) is 6.89. The van der Waals surface area contributed by atoms with Crippen molar-refractivity contribution in [3.05, 3.63) is 29.6 Å². The van der Waals surface area contributed by atoms with Crippen molar-refractivity contribution < 1.29 is 18.7 Å². The zero-order valence-corrected chi connectivity index (χ0v) is 12.2. The molecule has 1 aromatic rings. The van der Waals surface area contributed by atoms with E-state index in [1.165, 1.54) is 23.1 Å². The molecule has 1 N–H and O–H groups in total. The second kappa shape index (κ2) is 6.67. The molecular weight excluding hydrogens is 275 g/mol. The van der Waals surface area contributed by atoms with Crippen LogP contribution in [0.3, 0.4) is 0 Å². The third-order valence-corrected chi connectivity index (χ3v) is 3.41. The van der Waals surface area contributed by atoms with Crippen LogP contribution in [0.2, 0.25) is 0 Å². The van der Waals surface area contributed by atoms with Gasteiger partial charge in [-0.25, -0.2) is 4.39 Å². The van der Waals surface area contributed by atoms with E-state index < -0.39 is 5.82 Å². The molecule has 1 heterocycles. The van der Waals surface area contributed by atoms with Gasteiger partial charge in [0, 0.05) is 26.3 Å². The van der Waals surface area contributed by atoms with Crippen molar-refractivity contribution in [2.24, 2.45) is 5.92 Å². The van der Waals surface area contributed by atoms with E-state index >= 15 is 0 Å². The molecule has 1 fully saturated rings. The van der Waals surface area contributed by atoms with Crippen LogP contribution in [-0.2, 0) is 9.53 Å². The first-order chi connectivity index (χ1) is 9.99. The Morgan fingerprint density at radius 1 is 1.38 bits per heavy atom. The molecule has 0 aliphatic carbocycles. The first kappa shape index (κ1) is 15.4. The molecule has 1 atom stereocenters. The molecular formula is C15H19FN2O3. The Labute approximate surface area is 123 Å². The predicted octanol–water partition coefficient (Wildman–Crippen LogP) is 1.89. The molecule has 114 valence electrons. The Balaban J connectivity index is 2.13. The predicted molar refractivity (Wildman–Crippen MR) is 76.6 cm³/mol. The summed E-state index contributed by atoms with van der Waals surface area (Å²) in [6, 6.07) is 3.94. The molecule has 5 nitrogen and oxygen atoms in total. The standard InChI is InChI=1S/C15H19FN2O3/c1-18(2)15(20)10-5-6-12(16)13(8-10)17-14(19)11-4-3-7-21-9-11/h5-6,8,11H,3-4,7,9H2,1-2H3,(H,17,19). The van der Waals surface area contributed by atoms with E-state index in [4.69, 9.17) is 4.74 Å². The number of hydrogen-bond donors (Lipinski definition) is 1. The fourth-order valence-electron chi connectivity index (χ4n) is 2.19. The number of rotatable bonds is 3. The van der Waals surface area contributed by atoms with E-state index in [0.29, 0.717) is 18.8 Å². The van der Waals surface area contributed by atoms with Gasteiger partial charge in [0.1, 0.15) is 5.82 Å². The van der Waals surface area contributed by atoms with Gasteiger partial charge in [-0.1, -0.05) is 0 Å². The molecule has 21 heavy (non-hydrogen) atoms. The number of carbonyl (C=O) groups excluding carboxylic acids is 2. The summed E-state index contributed by atoms with van der Waals surface area (Å²) in [5, 5.41) is 2.55. The molecule has 1 aromatic carbocycles. The van der Waals surface area contributed by atoms with Gasteiger partial charge < -0.3 is 15.0 Å². The number of hydrogen-bond acceptors (Lipinski definition) is 3. The Morgan fingerprint density at radius 3 is 2.76 bits per heavy atom. The molecule has 6 heteroatoms. The van der Waals surface area contributed by atoms with E-state index in [0.717, 1.165) is 12.8 Å². The van der Waals surface area contributed by atoms with E-state index in [9.17, 15) is 14.0 Å². The molecule has 1 aliphatic heterocycles. The maximum absolute atomic E-state index is 13.8. The summed E-state index contributed by atoms with van der Waals surface area (Å²) in [5.74, 6) is -1.35. The fraction of sp³-hybridized carbons (Fsp3) is 0.467. The van der Waals surface area contributed by atoms with Gasteiger partial charge in [-0.15, -0.1) is 0 Å². The van der Waals surface area contributed by atoms with Crippen molar-refractivity contribution in [1.29, 1.82) is 0 Å². The molecule has 0 saturated carbocycles. The Kier molecular flexibility index (Phi) is 4.90. The van der Waals surface area contributed by atoms with Gasteiger partial charge in [0.25, 0.3) is 5.91 Å². The van der Waals surface area contributed by atoms with Crippen LogP contribution in [-0.4, -0.2) is 44.0 Å². The molecule has 0 bridgehead atoms. The molecule has 1 unspecified atom stereocenters. The number of benzene rings is 1. The summed E-state index contributed by atoms with van der Waals surface area (Å²) in [4.78, 5) is 25.3. The second-order valence-electron chi connectivity index (χ2n) is 5.30. The number of anilines is 1. The Bertz CT molecular complexity index is 540. The van der Waals surface area contributed by atoms with E-state index in [-0.39, 0.29) is 23.4 Å². The third kappa shape index (κ3) is 3.78. The Hall–Kier alpha value is -1.95. The quantitative estimate of drug-likeness (QED) is 0.926. The minimum Gasteiger partial charge on any atom is -0.381 e. The largest absolute Gasteiger partial charge is 0.381 e. The molecule has 2 amide bonds. The summed E-state index contributed by atoms with van der Waals surface area (Å²) in [6.07, 6.45) is 1.55. The maximum Gasteiger partial charge on any atom is 0.253 e. The van der Waals surface area contributed by atoms with Crippen molar-refractivity contribution in [3.8, 4) is 0 Å². The van der Waals surface area contributed by atoms with Gasteiger partial charge in [0.15, 0.2) is 0 Å². The number of halogens is 1. The van der Waals surface area contributed by atoms with Crippen LogP contribution in [0.1, 0.15) is 23.2 Å². The minimum atomic E-state index is -0.560. The maximum atomic E-state index is 13.8. The van der Waals surface area contributed by atoms with Crippen molar-refractivity contribution >= 4 is 17.5 Å². The van der Waals surface area contributed by atoms with Crippen LogP contribution in [0, 0.1) is 11.7 Å². The topological polar surface area (TPSA) is 58.6 Å². The average Bonchev–Trinajstić information content (AvgIpc) is 2.49. The van der Waals surface area contributed by atoms with Crippen molar-refractivity contribution in [3.63, 3.8) is 0 Å². The summed E-state index contributed by atoms with van der Waals surface area (Å²) >= 11 is 0. The first-order valence-electron chi connectivity index (χ1n) is 6.89.